The van der Waals surface area contributed by atoms with Gasteiger partial charge in [0.25, 0.3) is 0 Å². The maximum absolute atomic E-state index is 10.8. The second-order valence-electron chi connectivity index (χ2n) is 3.10. The van der Waals surface area contributed by atoms with Crippen molar-refractivity contribution < 1.29 is 17.4 Å². The molecule has 1 aromatic carbocycles. The first-order chi connectivity index (χ1) is 6.87. The average molecular weight is 229 g/mol. The molecule has 0 aliphatic carbocycles. The lowest BCUT2D eigenvalue weighted by molar-refractivity contribution is -0.116. The summed E-state index contributed by atoms with van der Waals surface area (Å²) in [6, 6.07) is 6.12. The number of hydrogen-bond donors (Lipinski definition) is 1. The molecule has 15 heavy (non-hydrogen) atoms. The van der Waals surface area contributed by atoms with Crippen LogP contribution in [0.4, 0.5) is 0 Å². The minimum Gasteiger partial charge on any atom is -0.371 e. The highest BCUT2D eigenvalue weighted by Gasteiger charge is 2.04. The van der Waals surface area contributed by atoms with Crippen molar-refractivity contribution in [2.75, 3.05) is 0 Å². The molecular weight excluding hydrogens is 218 g/mol. The predicted molar refractivity (Wildman–Crippen MR) is 54.6 cm³/mol. The van der Waals surface area contributed by atoms with Crippen LogP contribution in [0.1, 0.15) is 12.5 Å². The number of carbonyl (C=O) groups is 1. The molecule has 0 fully saturated rings. The van der Waals surface area contributed by atoms with Gasteiger partial charge in [0.15, 0.2) is 0 Å². The van der Waals surface area contributed by atoms with Crippen LogP contribution < -0.4 is 9.32 Å². The highest BCUT2D eigenvalue weighted by Crippen LogP contribution is 2.13. The zero-order valence-corrected chi connectivity index (χ0v) is 8.95. The van der Waals surface area contributed by atoms with E-state index in [2.05, 4.69) is 9.32 Å². The van der Waals surface area contributed by atoms with Crippen LogP contribution in [0.25, 0.3) is 0 Å². The van der Waals surface area contributed by atoms with Gasteiger partial charge in [0.2, 0.25) is 0 Å². The number of nitrogens with two attached hydrogens (primary N) is 1. The number of hydrogen-bond acceptors (Lipinski definition) is 4. The third-order valence-electron chi connectivity index (χ3n) is 1.59. The van der Waals surface area contributed by atoms with Crippen LogP contribution in [0.2, 0.25) is 0 Å². The summed E-state index contributed by atoms with van der Waals surface area (Å²) < 4.78 is 25.6. The lowest BCUT2D eigenvalue weighted by Crippen LogP contribution is -2.18. The van der Waals surface area contributed by atoms with Crippen molar-refractivity contribution in [2.45, 2.75) is 13.3 Å². The van der Waals surface area contributed by atoms with E-state index in [-0.39, 0.29) is 11.5 Å². The monoisotopic (exact) mass is 229 g/mol. The van der Waals surface area contributed by atoms with Crippen molar-refractivity contribution in [3.8, 4) is 5.75 Å². The topological polar surface area (TPSA) is 86.5 Å². The van der Waals surface area contributed by atoms with Crippen molar-refractivity contribution in [1.82, 2.24) is 0 Å². The summed E-state index contributed by atoms with van der Waals surface area (Å²) in [6.45, 7) is 1.48. The Morgan fingerprint density at radius 1 is 1.33 bits per heavy atom. The summed E-state index contributed by atoms with van der Waals surface area (Å²) in [5.74, 6) is 0.167. The van der Waals surface area contributed by atoms with E-state index in [9.17, 15) is 13.2 Å². The normalized spacial score (nSPS) is 11.1. The Labute approximate surface area is 88.1 Å². The van der Waals surface area contributed by atoms with Gasteiger partial charge in [0.05, 0.1) is 0 Å². The SMILES string of the molecule is CC(=O)Cc1ccc(OS(N)(=O)=O)cc1. The van der Waals surface area contributed by atoms with Crippen LogP contribution in [0.15, 0.2) is 24.3 Å². The second-order valence-corrected chi connectivity index (χ2v) is 4.25. The summed E-state index contributed by atoms with van der Waals surface area (Å²) >= 11 is 0. The van der Waals surface area contributed by atoms with Gasteiger partial charge in [-0.15, -0.1) is 0 Å². The molecule has 5 nitrogen and oxygen atoms in total. The van der Waals surface area contributed by atoms with Crippen LogP contribution in [0, 0.1) is 0 Å². The van der Waals surface area contributed by atoms with Crippen LogP contribution in [-0.4, -0.2) is 14.2 Å². The van der Waals surface area contributed by atoms with Gasteiger partial charge in [-0.1, -0.05) is 12.1 Å². The van der Waals surface area contributed by atoms with Crippen LogP contribution in [0.5, 0.6) is 5.75 Å². The lowest BCUT2D eigenvalue weighted by atomic mass is 10.1. The summed E-state index contributed by atoms with van der Waals surface area (Å²) in [7, 11) is -3.98. The number of ketones is 1. The minimum atomic E-state index is -3.98. The first kappa shape index (κ1) is 11.7. The van der Waals surface area contributed by atoms with Crippen molar-refractivity contribution in [3.05, 3.63) is 29.8 Å². The molecule has 1 rings (SSSR count). The van der Waals surface area contributed by atoms with Crippen LogP contribution >= 0.6 is 0 Å². The fraction of sp³-hybridized carbons (Fsp3) is 0.222. The molecule has 0 amide bonds. The molecule has 0 radical (unpaired) electrons. The number of rotatable bonds is 4. The Bertz CT molecular complexity index is 450. The summed E-state index contributed by atoms with van der Waals surface area (Å²) in [4.78, 5) is 10.8. The number of Topliss-reactive ketones (excluding diaryl/α,β-unsaturated/α-hetero) is 1. The Morgan fingerprint density at radius 3 is 2.27 bits per heavy atom. The molecule has 0 aliphatic heterocycles. The highest BCUT2D eigenvalue weighted by molar-refractivity contribution is 7.84. The number of carbonyl (C=O) groups excluding carboxylic acids is 1. The molecule has 0 atom stereocenters. The Balaban J connectivity index is 2.77. The van der Waals surface area contributed by atoms with Gasteiger partial charge in [-0.05, 0) is 24.6 Å². The van der Waals surface area contributed by atoms with Gasteiger partial charge in [-0.25, -0.2) is 0 Å². The summed E-state index contributed by atoms with van der Waals surface area (Å²) in [5.41, 5.74) is 0.796. The van der Waals surface area contributed by atoms with Crippen LogP contribution in [-0.2, 0) is 21.5 Å². The first-order valence-corrected chi connectivity index (χ1v) is 5.64. The third-order valence-corrected chi connectivity index (χ3v) is 2.01. The largest absolute Gasteiger partial charge is 0.380 e. The van der Waals surface area contributed by atoms with Crippen molar-refractivity contribution in [3.63, 3.8) is 0 Å². The minimum absolute atomic E-state index is 0.0371. The highest BCUT2D eigenvalue weighted by atomic mass is 32.2. The smallest absolute Gasteiger partial charge is 0.371 e. The van der Waals surface area contributed by atoms with E-state index < -0.39 is 10.3 Å². The Kier molecular flexibility index (Phi) is 3.43. The molecule has 2 N–H and O–H groups in total. The molecular formula is C9H11NO4S. The van der Waals surface area contributed by atoms with E-state index in [4.69, 9.17) is 0 Å². The summed E-state index contributed by atoms with van der Waals surface area (Å²) in [5, 5.41) is 4.68. The second kappa shape index (κ2) is 4.41. The summed E-state index contributed by atoms with van der Waals surface area (Å²) in [6.07, 6.45) is 0.315. The molecule has 0 saturated heterocycles. The van der Waals surface area contributed by atoms with Gasteiger partial charge in [0, 0.05) is 6.42 Å². The van der Waals surface area contributed by atoms with E-state index in [1.807, 2.05) is 0 Å². The molecule has 0 aliphatic rings. The molecule has 6 heteroatoms. The van der Waals surface area contributed by atoms with Crippen molar-refractivity contribution >= 4 is 16.1 Å². The van der Waals surface area contributed by atoms with Gasteiger partial charge < -0.3 is 4.18 Å². The average Bonchev–Trinajstić information content (AvgIpc) is 2.05. The molecule has 1 aromatic rings. The molecule has 82 valence electrons. The zero-order chi connectivity index (χ0) is 11.5. The fourth-order valence-electron chi connectivity index (χ4n) is 1.08. The van der Waals surface area contributed by atoms with E-state index >= 15 is 0 Å². The Hall–Kier alpha value is -1.40. The zero-order valence-electron chi connectivity index (χ0n) is 8.14. The van der Waals surface area contributed by atoms with E-state index in [1.54, 1.807) is 12.1 Å². The standard InChI is InChI=1S/C9H11NO4S/c1-7(11)6-8-2-4-9(5-3-8)14-15(10,12)13/h2-5H,6H2,1H3,(H2,10,12,13). The van der Waals surface area contributed by atoms with Gasteiger partial charge in [0.1, 0.15) is 11.5 Å². The molecule has 0 unspecified atom stereocenters. The van der Waals surface area contributed by atoms with Gasteiger partial charge in [-0.3, -0.25) is 4.79 Å². The lowest BCUT2D eigenvalue weighted by Gasteiger charge is -2.03. The first-order valence-electron chi connectivity index (χ1n) is 4.17. The quantitative estimate of drug-likeness (QED) is 0.809. The van der Waals surface area contributed by atoms with E-state index in [1.165, 1.54) is 19.1 Å². The molecule has 0 saturated carbocycles. The number of benzene rings is 1. The van der Waals surface area contributed by atoms with Crippen molar-refractivity contribution in [1.29, 1.82) is 0 Å². The van der Waals surface area contributed by atoms with Crippen molar-refractivity contribution in [2.24, 2.45) is 5.14 Å². The predicted octanol–water partition coefficient (Wildman–Crippen LogP) is 0.400. The van der Waals surface area contributed by atoms with Crippen LogP contribution in [0.3, 0.4) is 0 Å². The maximum atomic E-state index is 10.8. The third kappa shape index (κ3) is 4.57. The maximum Gasteiger partial charge on any atom is 0.380 e. The van der Waals surface area contributed by atoms with Gasteiger partial charge in [-0.2, -0.15) is 13.6 Å². The van der Waals surface area contributed by atoms with Gasteiger partial charge >= 0.3 is 10.3 Å². The fourth-order valence-corrected chi connectivity index (χ4v) is 1.46. The van der Waals surface area contributed by atoms with E-state index in [0.717, 1.165) is 5.56 Å². The molecule has 0 bridgehead atoms. The molecule has 0 spiro atoms. The Morgan fingerprint density at radius 2 is 1.87 bits per heavy atom. The molecule has 0 heterocycles. The van der Waals surface area contributed by atoms with E-state index in [0.29, 0.717) is 6.42 Å². The molecule has 0 aromatic heterocycles.